The molecule has 1 N–H and O–H groups in total. The molecule has 0 fully saturated rings. The summed E-state index contributed by atoms with van der Waals surface area (Å²) in [5, 5.41) is 7.76. The highest BCUT2D eigenvalue weighted by Gasteiger charge is 2.15. The van der Waals surface area contributed by atoms with Crippen molar-refractivity contribution in [1.82, 2.24) is 9.78 Å². The van der Waals surface area contributed by atoms with Gasteiger partial charge in [-0.05, 0) is 42.3 Å². The molecule has 156 valence electrons. The first-order valence-electron chi connectivity index (χ1n) is 8.89. The number of halogens is 2. The summed E-state index contributed by atoms with van der Waals surface area (Å²) in [6.07, 6.45) is 1.46. The van der Waals surface area contributed by atoms with Crippen LogP contribution in [-0.2, 0) is 11.3 Å². The molecule has 0 unspecified atom stereocenters. The van der Waals surface area contributed by atoms with Gasteiger partial charge in [-0.3, -0.25) is 4.79 Å². The van der Waals surface area contributed by atoms with Crippen molar-refractivity contribution in [1.29, 1.82) is 0 Å². The number of anilines is 1. The van der Waals surface area contributed by atoms with Gasteiger partial charge in [-0.2, -0.15) is 9.78 Å². The molecule has 7 nitrogen and oxygen atoms in total. The largest absolute Gasteiger partial charge is 0.496 e. The number of methoxy groups -OCH3 is 2. The van der Waals surface area contributed by atoms with E-state index in [4.69, 9.17) is 32.7 Å². The van der Waals surface area contributed by atoms with Gasteiger partial charge >= 0.3 is 5.97 Å². The van der Waals surface area contributed by atoms with E-state index in [0.717, 1.165) is 11.1 Å². The Kier molecular flexibility index (Phi) is 6.64. The molecule has 0 radical (unpaired) electrons. The first-order chi connectivity index (χ1) is 14.3. The number of esters is 1. The molecule has 0 saturated carbocycles. The quantitative estimate of drug-likeness (QED) is 0.568. The molecule has 0 aliphatic rings. The molecule has 30 heavy (non-hydrogen) atoms. The fourth-order valence-electron chi connectivity index (χ4n) is 2.79. The van der Waals surface area contributed by atoms with Crippen LogP contribution < -0.4 is 15.6 Å². The molecular formula is C21H19Cl2N3O4. The molecule has 0 amide bonds. The highest BCUT2D eigenvalue weighted by atomic mass is 35.5. The molecule has 2 aromatic carbocycles. The van der Waals surface area contributed by atoms with Gasteiger partial charge in [0, 0.05) is 11.6 Å². The number of ether oxygens (including phenoxy) is 2. The topological polar surface area (TPSA) is 82.5 Å². The van der Waals surface area contributed by atoms with Crippen LogP contribution in [0.25, 0.3) is 5.69 Å². The zero-order valence-corrected chi connectivity index (χ0v) is 18.0. The number of rotatable bonds is 6. The van der Waals surface area contributed by atoms with Crippen LogP contribution in [0.3, 0.4) is 0 Å². The van der Waals surface area contributed by atoms with Crippen LogP contribution in [0.1, 0.15) is 21.5 Å². The number of nitrogens with one attached hydrogen (secondary N) is 1. The second kappa shape index (κ2) is 9.19. The average Bonchev–Trinajstić information content (AvgIpc) is 2.76. The lowest BCUT2D eigenvalue weighted by Gasteiger charge is -2.12. The molecular weight excluding hydrogens is 429 g/mol. The summed E-state index contributed by atoms with van der Waals surface area (Å²) in [5.41, 5.74) is 2.36. The van der Waals surface area contributed by atoms with Crippen LogP contribution in [0.4, 0.5) is 5.69 Å². The van der Waals surface area contributed by atoms with Gasteiger partial charge in [0.25, 0.3) is 5.56 Å². The number of carbonyl (C=O) groups is 1. The maximum atomic E-state index is 12.7. The summed E-state index contributed by atoms with van der Waals surface area (Å²) in [6, 6.07) is 10.3. The summed E-state index contributed by atoms with van der Waals surface area (Å²) < 4.78 is 11.1. The van der Waals surface area contributed by atoms with Crippen molar-refractivity contribution in [2.24, 2.45) is 0 Å². The molecule has 9 heteroatoms. The molecule has 3 rings (SSSR count). The zero-order chi connectivity index (χ0) is 21.8. The lowest BCUT2D eigenvalue weighted by molar-refractivity contribution is 0.0597. The van der Waals surface area contributed by atoms with Crippen LogP contribution in [0.15, 0.2) is 47.4 Å². The molecule has 0 saturated heterocycles. The molecule has 0 spiro atoms. The minimum Gasteiger partial charge on any atom is -0.496 e. The maximum Gasteiger partial charge on any atom is 0.341 e. The van der Waals surface area contributed by atoms with Gasteiger partial charge in [0.2, 0.25) is 0 Å². The van der Waals surface area contributed by atoms with Crippen LogP contribution in [0.2, 0.25) is 10.0 Å². The molecule has 0 aliphatic carbocycles. The smallest absolute Gasteiger partial charge is 0.341 e. The number of hydrogen-bond acceptors (Lipinski definition) is 6. The number of benzene rings is 2. The van der Waals surface area contributed by atoms with E-state index in [1.165, 1.54) is 25.1 Å². The van der Waals surface area contributed by atoms with Crippen LogP contribution >= 0.6 is 23.2 Å². The summed E-state index contributed by atoms with van der Waals surface area (Å²) in [6.45, 7) is 2.17. The van der Waals surface area contributed by atoms with Crippen molar-refractivity contribution in [3.05, 3.63) is 79.7 Å². The van der Waals surface area contributed by atoms with E-state index in [9.17, 15) is 9.59 Å². The van der Waals surface area contributed by atoms with Crippen LogP contribution in [-0.4, -0.2) is 30.0 Å². The number of carbonyl (C=O) groups excluding carboxylic acids is 1. The highest BCUT2D eigenvalue weighted by molar-refractivity contribution is 6.33. The van der Waals surface area contributed by atoms with E-state index in [1.807, 2.05) is 6.92 Å². The normalized spacial score (nSPS) is 10.6. The predicted molar refractivity (Wildman–Crippen MR) is 116 cm³/mol. The number of aryl methyl sites for hydroxylation is 1. The van der Waals surface area contributed by atoms with Crippen molar-refractivity contribution in [2.75, 3.05) is 19.5 Å². The summed E-state index contributed by atoms with van der Waals surface area (Å²) in [7, 11) is 2.77. The Balaban J connectivity index is 1.85. The van der Waals surface area contributed by atoms with Crippen molar-refractivity contribution in [3.63, 3.8) is 0 Å². The Labute approximate surface area is 183 Å². The predicted octanol–water partition coefficient (Wildman–Crippen LogP) is 4.26. The molecule has 1 heterocycles. The van der Waals surface area contributed by atoms with Crippen LogP contribution in [0, 0.1) is 6.92 Å². The Bertz CT molecular complexity index is 1160. The fraction of sp³-hybridized carbons (Fsp3) is 0.190. The standard InChI is InChI=1S/C21H19Cl2N3O4/c1-12-4-6-14(9-16(12)22)26-20(27)19(23)17(11-25-26)24-10-13-5-7-18(29-2)15(8-13)21(28)30-3/h4-9,11,24H,10H2,1-3H3. The molecule has 3 aromatic rings. The van der Waals surface area contributed by atoms with Gasteiger partial charge < -0.3 is 14.8 Å². The molecule has 1 aromatic heterocycles. The second-order valence-electron chi connectivity index (χ2n) is 6.40. The van der Waals surface area contributed by atoms with E-state index >= 15 is 0 Å². The van der Waals surface area contributed by atoms with Crippen molar-refractivity contribution >= 4 is 34.9 Å². The minimum atomic E-state index is -0.507. The Morgan fingerprint density at radius 3 is 2.60 bits per heavy atom. The van der Waals surface area contributed by atoms with Crippen molar-refractivity contribution in [3.8, 4) is 11.4 Å². The van der Waals surface area contributed by atoms with Crippen molar-refractivity contribution < 1.29 is 14.3 Å². The Morgan fingerprint density at radius 1 is 1.17 bits per heavy atom. The SMILES string of the molecule is COC(=O)c1cc(CNc2cnn(-c3ccc(C)c(Cl)c3)c(=O)c2Cl)ccc1OC. The lowest BCUT2D eigenvalue weighted by Crippen LogP contribution is -2.22. The van der Waals surface area contributed by atoms with E-state index in [0.29, 0.717) is 34.3 Å². The first kappa shape index (κ1) is 21.7. The number of aromatic nitrogens is 2. The lowest BCUT2D eigenvalue weighted by atomic mass is 10.1. The molecule has 0 aliphatic heterocycles. The maximum absolute atomic E-state index is 12.7. The van der Waals surface area contributed by atoms with Gasteiger partial charge in [0.05, 0.1) is 31.8 Å². The number of nitrogens with zero attached hydrogens (tertiary/aromatic N) is 2. The zero-order valence-electron chi connectivity index (χ0n) is 16.5. The van der Waals surface area contributed by atoms with Gasteiger partial charge in [0.15, 0.2) is 0 Å². The first-order valence-corrected chi connectivity index (χ1v) is 9.64. The van der Waals surface area contributed by atoms with E-state index in [-0.39, 0.29) is 5.02 Å². The Morgan fingerprint density at radius 2 is 1.93 bits per heavy atom. The third kappa shape index (κ3) is 4.42. The molecule has 0 bridgehead atoms. The third-order valence-corrected chi connectivity index (χ3v) is 5.24. The minimum absolute atomic E-state index is 0.0107. The summed E-state index contributed by atoms with van der Waals surface area (Å²) in [4.78, 5) is 24.6. The van der Waals surface area contributed by atoms with E-state index in [1.54, 1.807) is 36.4 Å². The van der Waals surface area contributed by atoms with Crippen LogP contribution in [0.5, 0.6) is 5.75 Å². The van der Waals surface area contributed by atoms with Gasteiger partial charge in [-0.15, -0.1) is 0 Å². The van der Waals surface area contributed by atoms with Gasteiger partial charge in [-0.1, -0.05) is 35.3 Å². The van der Waals surface area contributed by atoms with Gasteiger partial charge in [0.1, 0.15) is 16.3 Å². The fourth-order valence-corrected chi connectivity index (χ4v) is 3.16. The summed E-state index contributed by atoms with van der Waals surface area (Å²) in [5.74, 6) is -0.0996. The average molecular weight is 448 g/mol. The number of hydrogen-bond donors (Lipinski definition) is 1. The Hall–Kier alpha value is -3.03. The van der Waals surface area contributed by atoms with Crippen molar-refractivity contribution in [2.45, 2.75) is 13.5 Å². The second-order valence-corrected chi connectivity index (χ2v) is 7.19. The monoisotopic (exact) mass is 447 g/mol. The third-order valence-electron chi connectivity index (χ3n) is 4.47. The van der Waals surface area contributed by atoms with Gasteiger partial charge in [-0.25, -0.2) is 4.79 Å². The van der Waals surface area contributed by atoms with E-state index in [2.05, 4.69) is 10.4 Å². The van der Waals surface area contributed by atoms with E-state index < -0.39 is 11.5 Å². The highest BCUT2D eigenvalue weighted by Crippen LogP contribution is 2.23. The molecule has 0 atom stereocenters. The summed E-state index contributed by atoms with van der Waals surface area (Å²) >= 11 is 12.4.